The van der Waals surface area contributed by atoms with Gasteiger partial charge in [0.25, 0.3) is 17.4 Å². The minimum atomic E-state index is -0.931. The van der Waals surface area contributed by atoms with Crippen LogP contribution >= 0.6 is 0 Å². The molecule has 1 aliphatic rings. The summed E-state index contributed by atoms with van der Waals surface area (Å²) in [5.41, 5.74) is 1.56. The summed E-state index contributed by atoms with van der Waals surface area (Å²) in [7, 11) is 0. The van der Waals surface area contributed by atoms with E-state index in [9.17, 15) is 24.8 Å². The standard InChI is InChI=1S/C22H22N2O7/c1-14-2-4-16(5-3-14)20(26)18-19(15-6-8-17(9-7-15)24(29)30)23(22(28)21(18)27)10-12-31-13-11-25/h2-9,19,25-26H,10-13H2,1H3. The Balaban J connectivity index is 2.07. The van der Waals surface area contributed by atoms with Gasteiger partial charge in [0.2, 0.25) is 0 Å². The van der Waals surface area contributed by atoms with Gasteiger partial charge in [0.1, 0.15) is 5.76 Å². The second-order valence-corrected chi connectivity index (χ2v) is 7.04. The van der Waals surface area contributed by atoms with Gasteiger partial charge in [-0.3, -0.25) is 19.7 Å². The number of Topliss-reactive ketones (excluding diaryl/α,β-unsaturated/α-hetero) is 1. The molecule has 1 heterocycles. The number of amides is 1. The highest BCUT2D eigenvalue weighted by Gasteiger charge is 2.45. The Labute approximate surface area is 178 Å². The third-order valence-corrected chi connectivity index (χ3v) is 5.00. The number of carbonyl (C=O) groups excluding carboxylic acids is 2. The molecule has 1 unspecified atom stereocenters. The average Bonchev–Trinajstić information content (AvgIpc) is 3.01. The molecule has 9 nitrogen and oxygen atoms in total. The van der Waals surface area contributed by atoms with Gasteiger partial charge >= 0.3 is 0 Å². The molecule has 9 heteroatoms. The number of nitro groups is 1. The molecule has 2 aromatic carbocycles. The molecule has 0 spiro atoms. The van der Waals surface area contributed by atoms with Gasteiger partial charge in [-0.05, 0) is 24.6 Å². The predicted molar refractivity (Wildman–Crippen MR) is 111 cm³/mol. The van der Waals surface area contributed by atoms with Gasteiger partial charge in [-0.25, -0.2) is 0 Å². The van der Waals surface area contributed by atoms with Gasteiger partial charge in [-0.15, -0.1) is 0 Å². The zero-order valence-electron chi connectivity index (χ0n) is 16.9. The van der Waals surface area contributed by atoms with Crippen LogP contribution in [0.1, 0.15) is 22.7 Å². The fourth-order valence-corrected chi connectivity index (χ4v) is 3.43. The molecule has 0 radical (unpaired) electrons. The summed E-state index contributed by atoms with van der Waals surface area (Å²) in [4.78, 5) is 37.3. The first-order chi connectivity index (χ1) is 14.8. The number of hydrogen-bond acceptors (Lipinski definition) is 7. The fraction of sp³-hybridized carbons (Fsp3) is 0.273. The van der Waals surface area contributed by atoms with E-state index >= 15 is 0 Å². The van der Waals surface area contributed by atoms with Crippen LogP contribution in [0.5, 0.6) is 0 Å². The molecule has 2 N–H and O–H groups in total. The largest absolute Gasteiger partial charge is 0.507 e. The highest BCUT2D eigenvalue weighted by atomic mass is 16.6. The van der Waals surface area contributed by atoms with E-state index in [0.29, 0.717) is 11.1 Å². The zero-order valence-corrected chi connectivity index (χ0v) is 16.9. The van der Waals surface area contributed by atoms with Crippen molar-refractivity contribution in [2.75, 3.05) is 26.4 Å². The zero-order chi connectivity index (χ0) is 22.5. The van der Waals surface area contributed by atoms with Gasteiger partial charge in [0.15, 0.2) is 0 Å². The summed E-state index contributed by atoms with van der Waals surface area (Å²) in [6, 6.07) is 11.4. The number of nitro benzene ring substituents is 1. The van der Waals surface area contributed by atoms with Crippen molar-refractivity contribution in [3.63, 3.8) is 0 Å². The molecule has 3 rings (SSSR count). The van der Waals surface area contributed by atoms with E-state index in [-0.39, 0.29) is 43.4 Å². The molecule has 0 aromatic heterocycles. The average molecular weight is 426 g/mol. The second kappa shape index (κ2) is 9.50. The van der Waals surface area contributed by atoms with Crippen molar-refractivity contribution in [1.82, 2.24) is 4.90 Å². The third-order valence-electron chi connectivity index (χ3n) is 5.00. The number of hydrogen-bond donors (Lipinski definition) is 2. The van der Waals surface area contributed by atoms with Crippen molar-refractivity contribution < 1.29 is 29.5 Å². The monoisotopic (exact) mass is 426 g/mol. The lowest BCUT2D eigenvalue weighted by atomic mass is 9.95. The number of nitrogens with zero attached hydrogens (tertiary/aromatic N) is 2. The molecule has 0 saturated carbocycles. The Morgan fingerprint density at radius 2 is 1.74 bits per heavy atom. The van der Waals surface area contributed by atoms with Crippen LogP contribution in [-0.2, 0) is 14.3 Å². The molecule has 0 aliphatic carbocycles. The Morgan fingerprint density at radius 3 is 2.32 bits per heavy atom. The lowest BCUT2D eigenvalue weighted by Gasteiger charge is -2.25. The molecule has 2 aromatic rings. The third kappa shape index (κ3) is 4.62. The number of rotatable bonds is 8. The Bertz CT molecular complexity index is 1010. The molecule has 1 fully saturated rings. The van der Waals surface area contributed by atoms with Gasteiger partial charge in [-0.2, -0.15) is 0 Å². The van der Waals surface area contributed by atoms with Crippen LogP contribution in [0.2, 0.25) is 0 Å². The first-order valence-electron chi connectivity index (χ1n) is 9.63. The molecule has 1 amide bonds. The number of ether oxygens (including phenoxy) is 1. The number of likely N-dealkylation sites (tertiary alicyclic amines) is 1. The van der Waals surface area contributed by atoms with E-state index in [0.717, 1.165) is 5.56 Å². The molecular weight excluding hydrogens is 404 g/mol. The normalized spacial score (nSPS) is 17.9. The van der Waals surface area contributed by atoms with Gasteiger partial charge in [0, 0.05) is 24.2 Å². The van der Waals surface area contributed by atoms with Gasteiger partial charge < -0.3 is 19.8 Å². The van der Waals surface area contributed by atoms with E-state index in [2.05, 4.69) is 0 Å². The van der Waals surface area contributed by atoms with E-state index in [1.807, 2.05) is 6.92 Å². The van der Waals surface area contributed by atoms with Crippen LogP contribution in [0.25, 0.3) is 5.76 Å². The van der Waals surface area contributed by atoms with Crippen LogP contribution in [0.3, 0.4) is 0 Å². The van der Waals surface area contributed by atoms with Crippen molar-refractivity contribution in [1.29, 1.82) is 0 Å². The first-order valence-corrected chi connectivity index (χ1v) is 9.63. The summed E-state index contributed by atoms with van der Waals surface area (Å²) in [6.45, 7) is 1.89. The van der Waals surface area contributed by atoms with E-state index in [4.69, 9.17) is 9.84 Å². The minimum absolute atomic E-state index is 0.0386. The highest BCUT2D eigenvalue weighted by Crippen LogP contribution is 2.39. The van der Waals surface area contributed by atoms with Crippen LogP contribution in [0.4, 0.5) is 5.69 Å². The van der Waals surface area contributed by atoms with E-state index in [1.165, 1.54) is 29.2 Å². The van der Waals surface area contributed by atoms with Crippen molar-refractivity contribution in [2.24, 2.45) is 0 Å². The Hall–Kier alpha value is -3.56. The lowest BCUT2D eigenvalue weighted by Crippen LogP contribution is -2.33. The molecule has 1 atom stereocenters. The number of benzene rings is 2. The smallest absolute Gasteiger partial charge is 0.295 e. The maximum atomic E-state index is 12.8. The summed E-state index contributed by atoms with van der Waals surface area (Å²) in [6.07, 6.45) is 0. The van der Waals surface area contributed by atoms with Crippen LogP contribution in [0.15, 0.2) is 54.1 Å². The maximum absolute atomic E-state index is 12.8. The predicted octanol–water partition coefficient (Wildman–Crippen LogP) is 2.33. The molecule has 31 heavy (non-hydrogen) atoms. The number of aliphatic hydroxyl groups is 2. The number of aryl methyl sites for hydroxylation is 1. The summed E-state index contributed by atoms with van der Waals surface area (Å²) in [5, 5.41) is 30.8. The van der Waals surface area contributed by atoms with Crippen LogP contribution in [-0.4, -0.2) is 58.1 Å². The minimum Gasteiger partial charge on any atom is -0.507 e. The van der Waals surface area contributed by atoms with Crippen molar-refractivity contribution >= 4 is 23.1 Å². The SMILES string of the molecule is Cc1ccc(C(O)=C2C(=O)C(=O)N(CCOCCO)C2c2ccc([N+](=O)[O-])cc2)cc1. The quantitative estimate of drug-likeness (QED) is 0.165. The molecule has 162 valence electrons. The molecule has 0 bridgehead atoms. The van der Waals surface area contributed by atoms with E-state index < -0.39 is 22.7 Å². The molecular formula is C22H22N2O7. The van der Waals surface area contributed by atoms with Crippen molar-refractivity contribution in [3.05, 3.63) is 80.9 Å². The highest BCUT2D eigenvalue weighted by molar-refractivity contribution is 6.46. The number of carbonyl (C=O) groups is 2. The topological polar surface area (TPSA) is 130 Å². The second-order valence-electron chi connectivity index (χ2n) is 7.04. The van der Waals surface area contributed by atoms with Crippen LogP contribution in [0, 0.1) is 17.0 Å². The van der Waals surface area contributed by atoms with Crippen LogP contribution < -0.4 is 0 Å². The molecule has 1 saturated heterocycles. The first kappa shape index (κ1) is 22.1. The van der Waals surface area contributed by atoms with Crippen molar-refractivity contribution in [3.8, 4) is 0 Å². The van der Waals surface area contributed by atoms with Gasteiger partial charge in [-0.1, -0.05) is 29.8 Å². The summed E-state index contributed by atoms with van der Waals surface area (Å²) >= 11 is 0. The molecule has 1 aliphatic heterocycles. The van der Waals surface area contributed by atoms with E-state index in [1.54, 1.807) is 24.3 Å². The Morgan fingerprint density at radius 1 is 1.10 bits per heavy atom. The Kier molecular flexibility index (Phi) is 6.78. The number of non-ortho nitro benzene ring substituents is 1. The summed E-state index contributed by atoms with van der Waals surface area (Å²) in [5.74, 6) is -1.96. The van der Waals surface area contributed by atoms with Gasteiger partial charge in [0.05, 0.1) is 36.4 Å². The fourth-order valence-electron chi connectivity index (χ4n) is 3.43. The number of aliphatic hydroxyl groups excluding tert-OH is 2. The number of ketones is 1. The van der Waals surface area contributed by atoms with Crippen molar-refractivity contribution in [2.45, 2.75) is 13.0 Å². The summed E-state index contributed by atoms with van der Waals surface area (Å²) < 4.78 is 5.23. The maximum Gasteiger partial charge on any atom is 0.295 e. The lowest BCUT2D eigenvalue weighted by molar-refractivity contribution is -0.384.